The molecule has 0 spiro atoms. The number of ether oxygens (including phenoxy) is 2. The van der Waals surface area contributed by atoms with Gasteiger partial charge in [0, 0.05) is 39.5 Å². The first-order valence-corrected chi connectivity index (χ1v) is 9.78. The summed E-state index contributed by atoms with van der Waals surface area (Å²) in [6.07, 6.45) is 5.39. The fourth-order valence-electron chi connectivity index (χ4n) is 4.03. The zero-order valence-electron chi connectivity index (χ0n) is 16.2. The van der Waals surface area contributed by atoms with Crippen LogP contribution in [0.1, 0.15) is 34.7 Å². The van der Waals surface area contributed by atoms with E-state index in [1.165, 1.54) is 5.56 Å². The van der Waals surface area contributed by atoms with E-state index in [4.69, 9.17) is 9.47 Å². The molecule has 2 saturated heterocycles. The smallest absolute Gasteiger partial charge is 0.257 e. The molecule has 150 valence electrons. The predicted octanol–water partition coefficient (Wildman–Crippen LogP) is 1.16. The van der Waals surface area contributed by atoms with Gasteiger partial charge in [-0.05, 0) is 36.5 Å². The number of amides is 2. The van der Waals surface area contributed by atoms with E-state index in [0.29, 0.717) is 37.8 Å². The van der Waals surface area contributed by atoms with Crippen LogP contribution >= 0.6 is 0 Å². The minimum Gasteiger partial charge on any atom is -0.378 e. The maximum atomic E-state index is 12.9. The van der Waals surface area contributed by atoms with E-state index in [2.05, 4.69) is 17.2 Å². The number of methoxy groups -OCH3 is 1. The van der Waals surface area contributed by atoms with Crippen LogP contribution in [0.5, 0.6) is 0 Å². The lowest BCUT2D eigenvalue weighted by molar-refractivity contribution is -0.136. The summed E-state index contributed by atoms with van der Waals surface area (Å²) in [6, 6.07) is 4.15. The molecule has 2 fully saturated rings. The summed E-state index contributed by atoms with van der Waals surface area (Å²) >= 11 is 0. The zero-order chi connectivity index (χ0) is 19.5. The first-order valence-electron chi connectivity index (χ1n) is 9.78. The Balaban J connectivity index is 1.50. The van der Waals surface area contributed by atoms with Crippen LogP contribution in [-0.4, -0.2) is 84.3 Å². The van der Waals surface area contributed by atoms with Gasteiger partial charge >= 0.3 is 0 Å². The maximum absolute atomic E-state index is 12.9. The van der Waals surface area contributed by atoms with Crippen LogP contribution in [0.4, 0.5) is 0 Å². The van der Waals surface area contributed by atoms with Gasteiger partial charge in [0.1, 0.15) is 6.61 Å². The molecule has 0 atom stereocenters. The van der Waals surface area contributed by atoms with Crippen molar-refractivity contribution >= 4 is 17.3 Å². The molecule has 0 aromatic carbocycles. The number of piperidine rings is 1. The lowest BCUT2D eigenvalue weighted by Gasteiger charge is -2.32. The van der Waals surface area contributed by atoms with Gasteiger partial charge in [0.25, 0.3) is 5.91 Å². The molecular weight excluding hydrogens is 360 g/mol. The molecule has 0 aliphatic carbocycles. The molecule has 0 saturated carbocycles. The topological polar surface area (TPSA) is 76.4 Å². The lowest BCUT2D eigenvalue weighted by Crippen LogP contribution is -2.40. The van der Waals surface area contributed by atoms with E-state index in [0.717, 1.165) is 31.4 Å². The van der Waals surface area contributed by atoms with Crippen LogP contribution in [0, 0.1) is 0 Å². The van der Waals surface area contributed by atoms with Crippen LogP contribution in [-0.2, 0) is 14.3 Å². The van der Waals surface area contributed by atoms with Gasteiger partial charge in [0.15, 0.2) is 0 Å². The summed E-state index contributed by atoms with van der Waals surface area (Å²) in [7, 11) is 1.54. The number of carbonyl (C=O) groups is 2. The average molecular weight is 386 g/mol. The third-order valence-corrected chi connectivity index (χ3v) is 5.66. The van der Waals surface area contributed by atoms with Crippen molar-refractivity contribution in [1.29, 1.82) is 0 Å². The van der Waals surface area contributed by atoms with Crippen LogP contribution in [0.3, 0.4) is 0 Å². The zero-order valence-corrected chi connectivity index (χ0v) is 16.2. The molecule has 8 heteroatoms. The summed E-state index contributed by atoms with van der Waals surface area (Å²) in [5, 5.41) is 4.35. The summed E-state index contributed by atoms with van der Waals surface area (Å²) in [4.78, 5) is 28.6. The van der Waals surface area contributed by atoms with Crippen LogP contribution in [0.25, 0.3) is 5.52 Å². The second kappa shape index (κ2) is 8.28. The van der Waals surface area contributed by atoms with E-state index >= 15 is 0 Å². The Bertz CT molecular complexity index is 851. The van der Waals surface area contributed by atoms with Gasteiger partial charge in [-0.25, -0.2) is 4.52 Å². The highest BCUT2D eigenvalue weighted by Crippen LogP contribution is 2.29. The molecule has 2 aromatic rings. The second-order valence-electron chi connectivity index (χ2n) is 7.34. The van der Waals surface area contributed by atoms with Gasteiger partial charge in [-0.3, -0.25) is 9.59 Å². The fourth-order valence-corrected chi connectivity index (χ4v) is 4.03. The predicted molar refractivity (Wildman–Crippen MR) is 102 cm³/mol. The Kier molecular flexibility index (Phi) is 5.59. The Morgan fingerprint density at radius 2 is 1.93 bits per heavy atom. The molecule has 4 heterocycles. The first kappa shape index (κ1) is 18.9. The Hall–Kier alpha value is -2.45. The minimum absolute atomic E-state index is 0.00966. The third kappa shape index (κ3) is 3.74. The Labute approximate surface area is 164 Å². The van der Waals surface area contributed by atoms with Gasteiger partial charge in [-0.1, -0.05) is 0 Å². The first-order chi connectivity index (χ1) is 13.7. The standard InChI is InChI=1S/C20H26N4O4/c1-27-14-19(25)22-5-2-15(3-6-22)16-4-7-24-18(12-16)17(13-21-24)20(26)23-8-10-28-11-9-23/h4,7,12-13,15H,2-3,5-6,8-11,14H2,1H3. The molecular formula is C20H26N4O4. The van der Waals surface area contributed by atoms with Crippen LogP contribution in [0.15, 0.2) is 24.5 Å². The number of morpholine rings is 1. The number of nitrogens with zero attached hydrogens (tertiary/aromatic N) is 4. The van der Waals surface area contributed by atoms with Crippen molar-refractivity contribution in [3.05, 3.63) is 35.7 Å². The number of hydrogen-bond donors (Lipinski definition) is 0. The highest BCUT2D eigenvalue weighted by molar-refractivity contribution is 6.00. The molecule has 4 rings (SSSR count). The molecule has 28 heavy (non-hydrogen) atoms. The van der Waals surface area contributed by atoms with Crippen molar-refractivity contribution in [3.8, 4) is 0 Å². The number of rotatable bonds is 4. The number of aromatic nitrogens is 2. The van der Waals surface area contributed by atoms with E-state index in [-0.39, 0.29) is 18.4 Å². The van der Waals surface area contributed by atoms with E-state index in [1.807, 2.05) is 16.0 Å². The number of carbonyl (C=O) groups excluding carboxylic acids is 2. The van der Waals surface area contributed by atoms with E-state index in [9.17, 15) is 9.59 Å². The highest BCUT2D eigenvalue weighted by Gasteiger charge is 2.25. The molecule has 0 radical (unpaired) electrons. The van der Waals surface area contributed by atoms with E-state index in [1.54, 1.807) is 17.8 Å². The summed E-state index contributed by atoms with van der Waals surface area (Å²) in [5.41, 5.74) is 2.67. The Morgan fingerprint density at radius 1 is 1.18 bits per heavy atom. The van der Waals surface area contributed by atoms with Crippen molar-refractivity contribution in [1.82, 2.24) is 19.4 Å². The van der Waals surface area contributed by atoms with Gasteiger partial charge < -0.3 is 19.3 Å². The average Bonchev–Trinajstić information content (AvgIpc) is 3.17. The molecule has 8 nitrogen and oxygen atoms in total. The van der Waals surface area contributed by atoms with Gasteiger partial charge in [0.2, 0.25) is 5.91 Å². The summed E-state index contributed by atoms with van der Waals surface area (Å²) in [6.45, 7) is 3.99. The number of likely N-dealkylation sites (tertiary alicyclic amines) is 1. The summed E-state index contributed by atoms with van der Waals surface area (Å²) < 4.78 is 12.1. The molecule has 0 bridgehead atoms. The molecule has 0 unspecified atom stereocenters. The van der Waals surface area contributed by atoms with Gasteiger partial charge in [0.05, 0.1) is 30.5 Å². The molecule has 2 amide bonds. The molecule has 2 aromatic heterocycles. The van der Waals surface area contributed by atoms with Crippen LogP contribution < -0.4 is 0 Å². The quantitative estimate of drug-likeness (QED) is 0.788. The summed E-state index contributed by atoms with van der Waals surface area (Å²) in [5.74, 6) is 0.429. The van der Waals surface area contributed by atoms with Crippen LogP contribution in [0.2, 0.25) is 0 Å². The number of fused-ring (bicyclic) bond motifs is 1. The third-order valence-electron chi connectivity index (χ3n) is 5.66. The minimum atomic E-state index is 0.00966. The van der Waals surface area contributed by atoms with Crippen molar-refractivity contribution in [2.24, 2.45) is 0 Å². The second-order valence-corrected chi connectivity index (χ2v) is 7.34. The van der Waals surface area contributed by atoms with Crippen molar-refractivity contribution in [3.63, 3.8) is 0 Å². The molecule has 2 aliphatic rings. The van der Waals surface area contributed by atoms with Crippen molar-refractivity contribution in [2.75, 3.05) is 53.1 Å². The van der Waals surface area contributed by atoms with E-state index < -0.39 is 0 Å². The molecule has 2 aliphatic heterocycles. The SMILES string of the molecule is COCC(=O)N1CCC(c2ccn3ncc(C(=O)N4CCOCC4)c3c2)CC1. The maximum Gasteiger partial charge on any atom is 0.257 e. The molecule has 0 N–H and O–H groups in total. The lowest BCUT2D eigenvalue weighted by atomic mass is 9.89. The fraction of sp³-hybridized carbons (Fsp3) is 0.550. The number of pyridine rings is 1. The van der Waals surface area contributed by atoms with Crippen molar-refractivity contribution in [2.45, 2.75) is 18.8 Å². The largest absolute Gasteiger partial charge is 0.378 e. The monoisotopic (exact) mass is 386 g/mol. The highest BCUT2D eigenvalue weighted by atomic mass is 16.5. The van der Waals surface area contributed by atoms with Gasteiger partial charge in [-0.15, -0.1) is 0 Å². The van der Waals surface area contributed by atoms with Crippen molar-refractivity contribution < 1.29 is 19.1 Å². The van der Waals surface area contributed by atoms with Gasteiger partial charge in [-0.2, -0.15) is 5.10 Å². The normalized spacial score (nSPS) is 18.6. The Morgan fingerprint density at radius 3 is 2.64 bits per heavy atom. The number of hydrogen-bond acceptors (Lipinski definition) is 5.